The maximum Gasteiger partial charge on any atom is 0.410 e. The topological polar surface area (TPSA) is 78.9 Å². The Balaban J connectivity index is 2.00. The molecule has 6 nitrogen and oxygen atoms in total. The van der Waals surface area contributed by atoms with E-state index in [1.54, 1.807) is 10.4 Å². The van der Waals surface area contributed by atoms with Crippen LogP contribution in [0.5, 0.6) is 0 Å². The van der Waals surface area contributed by atoms with E-state index in [9.17, 15) is 9.59 Å². The second kappa shape index (κ2) is 11.7. The van der Waals surface area contributed by atoms with Gasteiger partial charge in [-0.3, -0.25) is 10.0 Å². The van der Waals surface area contributed by atoms with Gasteiger partial charge in [-0.05, 0) is 62.4 Å². The number of carbonyl (C=O) groups excluding carboxylic acids is 2. The number of carbonyl (C=O) groups is 2. The number of nitrogens with one attached hydrogen (secondary N) is 1. The molecule has 168 valence electrons. The number of hydrogen-bond donors (Lipinski definition) is 2. The highest BCUT2D eigenvalue weighted by Crippen LogP contribution is 2.23. The van der Waals surface area contributed by atoms with Gasteiger partial charge in [0.05, 0.1) is 0 Å². The number of amides is 2. The molecule has 2 N–H and O–H groups in total. The standard InChI is InChI=1S/C24H31ClN2O4/c1-24(2,3)31-23(29)27(16-6-4-5-7-22(28)26-30)17-18-8-10-19(11-9-18)20-12-14-21(25)15-13-20/h8-15,30H,4-7,16-17H2,1-3H3,(H,26,28). The molecule has 0 heterocycles. The highest BCUT2D eigenvalue weighted by atomic mass is 35.5. The minimum atomic E-state index is -0.576. The number of ether oxygens (including phenoxy) is 1. The van der Waals surface area contributed by atoms with Gasteiger partial charge in [0.2, 0.25) is 5.91 Å². The van der Waals surface area contributed by atoms with Crippen LogP contribution in [0, 0.1) is 0 Å². The number of halogens is 1. The number of hydroxylamine groups is 1. The monoisotopic (exact) mass is 446 g/mol. The third-order valence-corrected chi connectivity index (χ3v) is 4.87. The van der Waals surface area contributed by atoms with Crippen LogP contribution in [-0.2, 0) is 16.1 Å². The van der Waals surface area contributed by atoms with Crippen molar-refractivity contribution in [1.29, 1.82) is 0 Å². The fourth-order valence-electron chi connectivity index (χ4n) is 3.05. The Labute approximate surface area is 189 Å². The Kier molecular flexibility index (Phi) is 9.34. The Morgan fingerprint density at radius 1 is 0.968 bits per heavy atom. The van der Waals surface area contributed by atoms with Crippen molar-refractivity contribution < 1.29 is 19.5 Å². The lowest BCUT2D eigenvalue weighted by Crippen LogP contribution is -2.37. The third-order valence-electron chi connectivity index (χ3n) is 4.61. The molecule has 2 rings (SSSR count). The largest absolute Gasteiger partial charge is 0.444 e. The predicted octanol–water partition coefficient (Wildman–Crippen LogP) is 5.81. The van der Waals surface area contributed by atoms with Gasteiger partial charge in [0.1, 0.15) is 5.60 Å². The molecule has 2 aromatic rings. The first kappa shape index (κ1) is 24.7. The van der Waals surface area contributed by atoms with Crippen LogP contribution in [0.4, 0.5) is 4.79 Å². The summed E-state index contributed by atoms with van der Waals surface area (Å²) in [5, 5.41) is 9.25. The Hall–Kier alpha value is -2.57. The second-order valence-electron chi connectivity index (χ2n) is 8.45. The molecule has 0 saturated carbocycles. The summed E-state index contributed by atoms with van der Waals surface area (Å²) in [5.41, 5.74) is 4.21. The van der Waals surface area contributed by atoms with Crippen LogP contribution in [-0.4, -0.2) is 34.3 Å². The molecule has 0 aliphatic heterocycles. The average Bonchev–Trinajstić information content (AvgIpc) is 2.72. The minimum Gasteiger partial charge on any atom is -0.444 e. The van der Waals surface area contributed by atoms with Crippen LogP contribution in [0.25, 0.3) is 11.1 Å². The molecular weight excluding hydrogens is 416 g/mol. The molecule has 0 aliphatic carbocycles. The molecule has 7 heteroatoms. The highest BCUT2D eigenvalue weighted by molar-refractivity contribution is 6.30. The molecule has 0 radical (unpaired) electrons. The van der Waals surface area contributed by atoms with Crippen molar-refractivity contribution in [1.82, 2.24) is 10.4 Å². The molecular formula is C24H31ClN2O4. The van der Waals surface area contributed by atoms with Gasteiger partial charge in [-0.15, -0.1) is 0 Å². The second-order valence-corrected chi connectivity index (χ2v) is 8.89. The molecule has 0 bridgehead atoms. The summed E-state index contributed by atoms with van der Waals surface area (Å²) in [6.07, 6.45) is 2.05. The summed E-state index contributed by atoms with van der Waals surface area (Å²) in [7, 11) is 0. The molecule has 0 aromatic heterocycles. The average molecular weight is 447 g/mol. The number of nitrogens with zero attached hydrogens (tertiary/aromatic N) is 1. The smallest absolute Gasteiger partial charge is 0.410 e. The Bertz CT molecular complexity index is 845. The summed E-state index contributed by atoms with van der Waals surface area (Å²) in [5.74, 6) is -0.398. The van der Waals surface area contributed by atoms with E-state index in [0.717, 1.165) is 29.5 Å². The van der Waals surface area contributed by atoms with Crippen LogP contribution < -0.4 is 5.48 Å². The van der Waals surface area contributed by atoms with Crippen molar-refractivity contribution in [2.75, 3.05) is 6.54 Å². The maximum absolute atomic E-state index is 12.7. The first-order valence-corrected chi connectivity index (χ1v) is 10.8. The van der Waals surface area contributed by atoms with Gasteiger partial charge >= 0.3 is 6.09 Å². The van der Waals surface area contributed by atoms with Gasteiger partial charge in [0, 0.05) is 24.5 Å². The lowest BCUT2D eigenvalue weighted by Gasteiger charge is -2.27. The molecule has 31 heavy (non-hydrogen) atoms. The normalized spacial score (nSPS) is 11.1. The van der Waals surface area contributed by atoms with E-state index < -0.39 is 11.5 Å². The molecule has 0 saturated heterocycles. The molecule has 2 aromatic carbocycles. The van der Waals surface area contributed by atoms with Crippen LogP contribution in [0.15, 0.2) is 48.5 Å². The van der Waals surface area contributed by atoms with Gasteiger partial charge in [0.25, 0.3) is 0 Å². The van der Waals surface area contributed by atoms with Crippen molar-refractivity contribution in [3.8, 4) is 11.1 Å². The molecule has 0 spiro atoms. The van der Waals surface area contributed by atoms with Gasteiger partial charge in [0.15, 0.2) is 0 Å². The Morgan fingerprint density at radius 3 is 2.10 bits per heavy atom. The van der Waals surface area contributed by atoms with Crippen molar-refractivity contribution in [2.45, 2.75) is 58.6 Å². The van der Waals surface area contributed by atoms with Crippen molar-refractivity contribution in [2.24, 2.45) is 0 Å². The third kappa shape index (κ3) is 8.99. The summed E-state index contributed by atoms with van der Waals surface area (Å²) in [6.45, 7) is 6.49. The Morgan fingerprint density at radius 2 is 1.55 bits per heavy atom. The number of rotatable bonds is 9. The van der Waals surface area contributed by atoms with Crippen molar-refractivity contribution in [3.05, 3.63) is 59.1 Å². The first-order chi connectivity index (χ1) is 14.7. The van der Waals surface area contributed by atoms with Crippen LogP contribution in [0.2, 0.25) is 5.02 Å². The summed E-state index contributed by atoms with van der Waals surface area (Å²) in [6, 6.07) is 15.7. The van der Waals surface area contributed by atoms with E-state index in [-0.39, 0.29) is 12.5 Å². The number of benzene rings is 2. The van der Waals surface area contributed by atoms with E-state index in [0.29, 0.717) is 24.5 Å². The van der Waals surface area contributed by atoms with Crippen LogP contribution in [0.3, 0.4) is 0 Å². The van der Waals surface area contributed by atoms with E-state index >= 15 is 0 Å². The molecule has 0 aliphatic rings. The van der Waals surface area contributed by atoms with Crippen LogP contribution in [0.1, 0.15) is 52.0 Å². The molecule has 0 unspecified atom stereocenters. The zero-order valence-corrected chi connectivity index (χ0v) is 19.1. The lowest BCUT2D eigenvalue weighted by atomic mass is 10.0. The van der Waals surface area contributed by atoms with Gasteiger partial charge in [-0.1, -0.05) is 54.4 Å². The molecule has 0 atom stereocenters. The molecule has 2 amide bonds. The summed E-state index contributed by atoms with van der Waals surface area (Å²) < 4.78 is 5.57. The SMILES string of the molecule is CC(C)(C)OC(=O)N(CCCCCC(=O)NO)Cc1ccc(-c2ccc(Cl)cc2)cc1. The number of unbranched alkanes of at least 4 members (excludes halogenated alkanes) is 2. The minimum absolute atomic E-state index is 0.259. The van der Waals surface area contributed by atoms with E-state index in [4.69, 9.17) is 21.5 Å². The van der Waals surface area contributed by atoms with Gasteiger partial charge < -0.3 is 9.64 Å². The quantitative estimate of drug-likeness (QED) is 0.289. The summed E-state index contributed by atoms with van der Waals surface area (Å²) in [4.78, 5) is 25.5. The highest BCUT2D eigenvalue weighted by Gasteiger charge is 2.22. The summed E-state index contributed by atoms with van der Waals surface area (Å²) >= 11 is 5.96. The van der Waals surface area contributed by atoms with Crippen LogP contribution >= 0.6 is 11.6 Å². The zero-order chi connectivity index (χ0) is 22.9. The fraction of sp³-hybridized carbons (Fsp3) is 0.417. The van der Waals surface area contributed by atoms with Crippen molar-refractivity contribution >= 4 is 23.6 Å². The predicted molar refractivity (Wildman–Crippen MR) is 122 cm³/mol. The lowest BCUT2D eigenvalue weighted by molar-refractivity contribution is -0.129. The van der Waals surface area contributed by atoms with E-state index in [2.05, 4.69) is 0 Å². The van der Waals surface area contributed by atoms with E-state index in [1.807, 2.05) is 69.3 Å². The zero-order valence-electron chi connectivity index (χ0n) is 18.4. The van der Waals surface area contributed by atoms with Gasteiger partial charge in [-0.25, -0.2) is 10.3 Å². The maximum atomic E-state index is 12.7. The molecule has 0 fully saturated rings. The fourth-order valence-corrected chi connectivity index (χ4v) is 3.17. The van der Waals surface area contributed by atoms with Gasteiger partial charge in [-0.2, -0.15) is 0 Å². The first-order valence-electron chi connectivity index (χ1n) is 10.4. The van der Waals surface area contributed by atoms with Crippen molar-refractivity contribution in [3.63, 3.8) is 0 Å². The van der Waals surface area contributed by atoms with E-state index in [1.165, 1.54) is 0 Å². The number of hydrogen-bond acceptors (Lipinski definition) is 4.